The standard InChI is InChI=1S/C14H19F3N2O/c1-2-19-7-8-20-13(10-19)9-18-12-5-3-11(4-6-12)14(15,16)17/h3-6,13,18H,2,7-10H2,1H3. The zero-order valence-electron chi connectivity index (χ0n) is 11.4. The molecule has 6 heteroatoms. The Bertz CT molecular complexity index is 419. The molecule has 0 spiro atoms. The van der Waals surface area contributed by atoms with E-state index < -0.39 is 11.7 Å². The molecule has 0 aliphatic carbocycles. The molecule has 1 unspecified atom stereocenters. The highest BCUT2D eigenvalue weighted by Gasteiger charge is 2.30. The van der Waals surface area contributed by atoms with E-state index in [0.29, 0.717) is 18.8 Å². The van der Waals surface area contributed by atoms with Crippen molar-refractivity contribution in [2.75, 3.05) is 38.1 Å². The molecule has 0 saturated carbocycles. The van der Waals surface area contributed by atoms with E-state index in [1.165, 1.54) is 12.1 Å². The lowest BCUT2D eigenvalue weighted by molar-refractivity contribution is -0.137. The van der Waals surface area contributed by atoms with Gasteiger partial charge in [-0.15, -0.1) is 0 Å². The number of morpholine rings is 1. The van der Waals surface area contributed by atoms with Crippen LogP contribution in [0.5, 0.6) is 0 Å². The Balaban J connectivity index is 1.85. The summed E-state index contributed by atoms with van der Waals surface area (Å²) in [6.45, 7) is 6.18. The van der Waals surface area contributed by atoms with Crippen molar-refractivity contribution in [3.05, 3.63) is 29.8 Å². The fourth-order valence-corrected chi connectivity index (χ4v) is 2.20. The van der Waals surface area contributed by atoms with E-state index in [1.807, 2.05) is 0 Å². The molecule has 1 aliphatic rings. The van der Waals surface area contributed by atoms with E-state index in [9.17, 15) is 13.2 Å². The fraction of sp³-hybridized carbons (Fsp3) is 0.571. The summed E-state index contributed by atoms with van der Waals surface area (Å²) in [5.74, 6) is 0. The van der Waals surface area contributed by atoms with Crippen LogP contribution in [-0.4, -0.2) is 43.8 Å². The van der Waals surface area contributed by atoms with Gasteiger partial charge in [0.2, 0.25) is 0 Å². The van der Waals surface area contributed by atoms with Gasteiger partial charge >= 0.3 is 6.18 Å². The quantitative estimate of drug-likeness (QED) is 0.922. The van der Waals surface area contributed by atoms with Gasteiger partial charge in [0.15, 0.2) is 0 Å². The SMILES string of the molecule is CCN1CCOC(CNc2ccc(C(F)(F)F)cc2)C1. The van der Waals surface area contributed by atoms with Crippen molar-refractivity contribution in [3.8, 4) is 0 Å². The van der Waals surface area contributed by atoms with Gasteiger partial charge in [0.05, 0.1) is 18.3 Å². The average molecular weight is 288 g/mol. The Kier molecular flexibility index (Phi) is 4.88. The van der Waals surface area contributed by atoms with Crippen molar-refractivity contribution in [2.45, 2.75) is 19.2 Å². The van der Waals surface area contributed by atoms with E-state index >= 15 is 0 Å². The minimum absolute atomic E-state index is 0.0750. The van der Waals surface area contributed by atoms with E-state index in [-0.39, 0.29) is 6.10 Å². The van der Waals surface area contributed by atoms with Gasteiger partial charge in [-0.2, -0.15) is 13.2 Å². The molecule has 1 heterocycles. The molecule has 20 heavy (non-hydrogen) atoms. The third-order valence-corrected chi connectivity index (χ3v) is 3.42. The molecule has 112 valence electrons. The Morgan fingerprint density at radius 2 is 2.00 bits per heavy atom. The van der Waals surface area contributed by atoms with Gasteiger partial charge in [0.25, 0.3) is 0 Å². The van der Waals surface area contributed by atoms with Crippen LogP contribution < -0.4 is 5.32 Å². The van der Waals surface area contributed by atoms with Crippen molar-refractivity contribution < 1.29 is 17.9 Å². The average Bonchev–Trinajstić information content (AvgIpc) is 2.45. The number of halogens is 3. The highest BCUT2D eigenvalue weighted by molar-refractivity contribution is 5.45. The monoisotopic (exact) mass is 288 g/mol. The maximum atomic E-state index is 12.4. The zero-order chi connectivity index (χ0) is 14.6. The van der Waals surface area contributed by atoms with Crippen LogP contribution in [0.25, 0.3) is 0 Å². The first-order valence-corrected chi connectivity index (χ1v) is 6.74. The van der Waals surface area contributed by atoms with E-state index in [4.69, 9.17) is 4.74 Å². The number of benzene rings is 1. The van der Waals surface area contributed by atoms with Crippen molar-refractivity contribution in [1.82, 2.24) is 4.90 Å². The summed E-state index contributed by atoms with van der Waals surface area (Å²) >= 11 is 0. The van der Waals surface area contributed by atoms with Crippen LogP contribution in [0.2, 0.25) is 0 Å². The lowest BCUT2D eigenvalue weighted by atomic mass is 10.2. The second kappa shape index (κ2) is 6.45. The van der Waals surface area contributed by atoms with Crippen LogP contribution in [0.15, 0.2) is 24.3 Å². The molecular weight excluding hydrogens is 269 g/mol. The molecule has 1 aliphatic heterocycles. The number of nitrogens with one attached hydrogen (secondary N) is 1. The molecule has 3 nitrogen and oxygen atoms in total. The second-order valence-electron chi connectivity index (χ2n) is 4.84. The van der Waals surface area contributed by atoms with Crippen molar-refractivity contribution in [2.24, 2.45) is 0 Å². The number of anilines is 1. The summed E-state index contributed by atoms with van der Waals surface area (Å²) in [7, 11) is 0. The van der Waals surface area contributed by atoms with Crippen molar-refractivity contribution >= 4 is 5.69 Å². The van der Waals surface area contributed by atoms with Crippen LogP contribution >= 0.6 is 0 Å². The number of rotatable bonds is 4. The van der Waals surface area contributed by atoms with Gasteiger partial charge in [-0.05, 0) is 30.8 Å². The Hall–Kier alpha value is -1.27. The first kappa shape index (κ1) is 15.1. The summed E-state index contributed by atoms with van der Waals surface area (Å²) in [4.78, 5) is 2.29. The largest absolute Gasteiger partial charge is 0.416 e. The maximum Gasteiger partial charge on any atom is 0.416 e. The molecule has 0 amide bonds. The second-order valence-corrected chi connectivity index (χ2v) is 4.84. The summed E-state index contributed by atoms with van der Waals surface area (Å²) in [6.07, 6.45) is -4.21. The van der Waals surface area contributed by atoms with Crippen molar-refractivity contribution in [1.29, 1.82) is 0 Å². The molecule has 1 aromatic rings. The van der Waals surface area contributed by atoms with Gasteiger partial charge in [-0.25, -0.2) is 0 Å². The topological polar surface area (TPSA) is 24.5 Å². The van der Waals surface area contributed by atoms with Crippen LogP contribution in [0.4, 0.5) is 18.9 Å². The first-order chi connectivity index (χ1) is 9.49. The van der Waals surface area contributed by atoms with Gasteiger partial charge in [0, 0.05) is 25.3 Å². The van der Waals surface area contributed by atoms with Crippen LogP contribution in [0, 0.1) is 0 Å². The number of ether oxygens (including phenoxy) is 1. The summed E-state index contributed by atoms with van der Waals surface area (Å²) in [5.41, 5.74) is 0.0457. The fourth-order valence-electron chi connectivity index (χ4n) is 2.20. The summed E-state index contributed by atoms with van der Waals surface area (Å²) < 4.78 is 42.9. The summed E-state index contributed by atoms with van der Waals surface area (Å²) in [5, 5.41) is 3.12. The third kappa shape index (κ3) is 4.11. The highest BCUT2D eigenvalue weighted by Crippen LogP contribution is 2.29. The molecule has 1 fully saturated rings. The van der Waals surface area contributed by atoms with Gasteiger partial charge < -0.3 is 10.1 Å². The van der Waals surface area contributed by atoms with E-state index in [2.05, 4.69) is 17.1 Å². The molecule has 1 saturated heterocycles. The normalized spacial score (nSPS) is 20.9. The number of hydrogen-bond acceptors (Lipinski definition) is 3. The molecule has 1 aromatic carbocycles. The molecule has 0 bridgehead atoms. The van der Waals surface area contributed by atoms with Crippen molar-refractivity contribution in [3.63, 3.8) is 0 Å². The minimum atomic E-state index is -4.29. The zero-order valence-corrected chi connectivity index (χ0v) is 11.4. The molecule has 0 aromatic heterocycles. The van der Waals surface area contributed by atoms with E-state index in [1.54, 1.807) is 0 Å². The van der Waals surface area contributed by atoms with Crippen LogP contribution in [0.3, 0.4) is 0 Å². The number of hydrogen-bond donors (Lipinski definition) is 1. The van der Waals surface area contributed by atoms with Gasteiger partial charge in [-0.1, -0.05) is 6.92 Å². The van der Waals surface area contributed by atoms with E-state index in [0.717, 1.165) is 31.8 Å². The Labute approximate surface area is 116 Å². The smallest absolute Gasteiger partial charge is 0.382 e. The lowest BCUT2D eigenvalue weighted by Gasteiger charge is -2.32. The van der Waals surface area contributed by atoms with Crippen LogP contribution in [0.1, 0.15) is 12.5 Å². The van der Waals surface area contributed by atoms with Gasteiger partial charge in [-0.3, -0.25) is 4.90 Å². The maximum absolute atomic E-state index is 12.4. The first-order valence-electron chi connectivity index (χ1n) is 6.74. The molecule has 0 radical (unpaired) electrons. The third-order valence-electron chi connectivity index (χ3n) is 3.42. The highest BCUT2D eigenvalue weighted by atomic mass is 19.4. The lowest BCUT2D eigenvalue weighted by Crippen LogP contribution is -2.45. The van der Waals surface area contributed by atoms with Gasteiger partial charge in [0.1, 0.15) is 0 Å². The number of alkyl halides is 3. The molecule has 2 rings (SSSR count). The predicted octanol–water partition coefficient (Wildman–Crippen LogP) is 2.84. The Morgan fingerprint density at radius 3 is 2.60 bits per heavy atom. The predicted molar refractivity (Wildman–Crippen MR) is 71.8 cm³/mol. The minimum Gasteiger partial charge on any atom is -0.382 e. The number of nitrogens with zero attached hydrogens (tertiary/aromatic N) is 1. The summed E-state index contributed by atoms with van der Waals surface area (Å²) in [6, 6.07) is 5.07. The molecular formula is C14H19F3N2O. The molecule has 1 atom stereocenters. The Morgan fingerprint density at radius 1 is 1.30 bits per heavy atom. The van der Waals surface area contributed by atoms with Crippen LogP contribution in [-0.2, 0) is 10.9 Å². The molecule has 1 N–H and O–H groups in total. The number of likely N-dealkylation sites (N-methyl/N-ethyl adjacent to an activating group) is 1.